The summed E-state index contributed by atoms with van der Waals surface area (Å²) in [5.74, 6) is 0.560. The molecule has 1 amide bonds. The van der Waals surface area contributed by atoms with Crippen LogP contribution in [0.3, 0.4) is 0 Å². The zero-order valence-electron chi connectivity index (χ0n) is 17.8. The fourth-order valence-corrected chi connectivity index (χ4v) is 4.62. The first kappa shape index (κ1) is 21.6. The molecule has 1 N–H and O–H groups in total. The van der Waals surface area contributed by atoms with Crippen LogP contribution < -0.4 is 5.32 Å². The van der Waals surface area contributed by atoms with Gasteiger partial charge in [-0.15, -0.1) is 4.40 Å². The van der Waals surface area contributed by atoms with Gasteiger partial charge in [0.05, 0.1) is 6.54 Å². The molecule has 10 nitrogen and oxygen atoms in total. The molecule has 1 aliphatic heterocycles. The van der Waals surface area contributed by atoms with Crippen LogP contribution in [0.5, 0.6) is 0 Å². The Morgan fingerprint density at radius 2 is 1.88 bits per heavy atom. The summed E-state index contributed by atoms with van der Waals surface area (Å²) in [5, 5.41) is 6.90. The van der Waals surface area contributed by atoms with Gasteiger partial charge in [-0.05, 0) is 30.2 Å². The monoisotopic (exact) mass is 454 g/mol. The standard InChI is InChI=1S/C21H22N6O4S/c1-13(2)18(21-24-19(25-31-21)14-8-10-22-11-9-14)23-17(28)12-27(3)20-15-6-4-5-7-16(15)32(29,30)26-20/h4-11,13,18H,12H2,1-3H3,(H,23,28). The largest absolute Gasteiger partial charge is 0.349 e. The number of aromatic nitrogens is 3. The highest BCUT2D eigenvalue weighted by Gasteiger charge is 2.32. The van der Waals surface area contributed by atoms with Crippen LogP contribution in [0.1, 0.15) is 31.3 Å². The lowest BCUT2D eigenvalue weighted by Crippen LogP contribution is -2.41. The Morgan fingerprint density at radius 3 is 2.59 bits per heavy atom. The van der Waals surface area contributed by atoms with Crippen molar-refractivity contribution < 1.29 is 17.7 Å². The van der Waals surface area contributed by atoms with Gasteiger partial charge in [0.15, 0.2) is 5.84 Å². The smallest absolute Gasteiger partial charge is 0.285 e. The molecule has 1 aromatic carbocycles. The summed E-state index contributed by atoms with van der Waals surface area (Å²) in [7, 11) is -2.14. The molecule has 0 fully saturated rings. The first-order chi connectivity index (χ1) is 15.3. The zero-order chi connectivity index (χ0) is 22.9. The number of pyridine rings is 1. The van der Waals surface area contributed by atoms with E-state index in [4.69, 9.17) is 4.52 Å². The Labute approximate surface area is 185 Å². The van der Waals surface area contributed by atoms with Crippen LogP contribution in [0.25, 0.3) is 11.4 Å². The number of sulfonamides is 1. The van der Waals surface area contributed by atoms with Crippen LogP contribution in [0.2, 0.25) is 0 Å². The number of nitrogens with zero attached hydrogens (tertiary/aromatic N) is 5. The lowest BCUT2D eigenvalue weighted by Gasteiger charge is -2.22. The van der Waals surface area contributed by atoms with Gasteiger partial charge in [-0.2, -0.15) is 13.4 Å². The van der Waals surface area contributed by atoms with Crippen molar-refractivity contribution in [3.8, 4) is 11.4 Å². The highest BCUT2D eigenvalue weighted by atomic mass is 32.2. The number of carbonyl (C=O) groups is 1. The Bertz CT molecular complexity index is 1270. The van der Waals surface area contributed by atoms with E-state index in [1.165, 1.54) is 11.0 Å². The SMILES string of the molecule is CC(C)C(NC(=O)CN(C)C1=NS(=O)(=O)c2ccccc21)c1nc(-c2ccncc2)no1. The molecule has 0 saturated heterocycles. The highest BCUT2D eigenvalue weighted by molar-refractivity contribution is 7.90. The predicted molar refractivity (Wildman–Crippen MR) is 116 cm³/mol. The van der Waals surface area contributed by atoms with Crippen LogP contribution in [-0.4, -0.2) is 53.8 Å². The molecule has 1 aliphatic rings. The maximum Gasteiger partial charge on any atom is 0.285 e. The molecule has 2 aromatic heterocycles. The highest BCUT2D eigenvalue weighted by Crippen LogP contribution is 2.27. The minimum atomic E-state index is -3.76. The molecule has 0 radical (unpaired) electrons. The molecular weight excluding hydrogens is 432 g/mol. The number of amides is 1. The lowest BCUT2D eigenvalue weighted by atomic mass is 10.0. The van der Waals surface area contributed by atoms with Crippen LogP contribution in [0, 0.1) is 5.92 Å². The molecule has 0 saturated carbocycles. The summed E-state index contributed by atoms with van der Waals surface area (Å²) in [6.45, 7) is 3.75. The second-order valence-electron chi connectivity index (χ2n) is 7.72. The van der Waals surface area contributed by atoms with Gasteiger partial charge in [0.1, 0.15) is 10.9 Å². The van der Waals surface area contributed by atoms with E-state index in [1.54, 1.807) is 49.8 Å². The molecule has 0 bridgehead atoms. The molecule has 32 heavy (non-hydrogen) atoms. The fraction of sp³-hybridized carbons (Fsp3) is 0.286. The van der Waals surface area contributed by atoms with Gasteiger partial charge in [0.2, 0.25) is 17.6 Å². The first-order valence-electron chi connectivity index (χ1n) is 9.95. The van der Waals surface area contributed by atoms with Crippen LogP contribution in [0.15, 0.2) is 62.6 Å². The van der Waals surface area contributed by atoms with Crippen molar-refractivity contribution in [3.63, 3.8) is 0 Å². The van der Waals surface area contributed by atoms with Gasteiger partial charge in [-0.1, -0.05) is 31.1 Å². The second kappa shape index (κ2) is 8.50. The third-order valence-electron chi connectivity index (χ3n) is 4.98. The van der Waals surface area contributed by atoms with E-state index in [9.17, 15) is 13.2 Å². The van der Waals surface area contributed by atoms with E-state index in [1.807, 2.05) is 13.8 Å². The second-order valence-corrected chi connectivity index (χ2v) is 9.30. The quantitative estimate of drug-likeness (QED) is 0.599. The van der Waals surface area contributed by atoms with Gasteiger partial charge in [0, 0.05) is 30.6 Å². The Kier molecular flexibility index (Phi) is 5.74. The molecule has 3 heterocycles. The van der Waals surface area contributed by atoms with Crippen LogP contribution in [-0.2, 0) is 14.8 Å². The van der Waals surface area contributed by atoms with Crippen molar-refractivity contribution in [3.05, 3.63) is 60.2 Å². The molecule has 0 spiro atoms. The van der Waals surface area contributed by atoms with Crippen LogP contribution >= 0.6 is 0 Å². The number of benzene rings is 1. The van der Waals surface area contributed by atoms with Gasteiger partial charge >= 0.3 is 0 Å². The number of hydrogen-bond acceptors (Lipinski definition) is 8. The van der Waals surface area contributed by atoms with E-state index in [0.29, 0.717) is 11.4 Å². The van der Waals surface area contributed by atoms with Gasteiger partial charge < -0.3 is 14.7 Å². The lowest BCUT2D eigenvalue weighted by molar-refractivity contribution is -0.122. The normalized spacial score (nSPS) is 15.2. The minimum absolute atomic E-state index is 0.0279. The molecule has 11 heteroatoms. The molecule has 166 valence electrons. The summed E-state index contributed by atoms with van der Waals surface area (Å²) in [4.78, 5) is 22.8. The maximum absolute atomic E-state index is 12.8. The average Bonchev–Trinajstić information content (AvgIpc) is 3.36. The fourth-order valence-electron chi connectivity index (χ4n) is 3.37. The van der Waals surface area contributed by atoms with Crippen molar-refractivity contribution in [2.75, 3.05) is 13.6 Å². The molecular formula is C21H22N6O4S. The predicted octanol–water partition coefficient (Wildman–Crippen LogP) is 2.03. The van der Waals surface area contributed by atoms with Crippen molar-refractivity contribution >= 4 is 21.8 Å². The van der Waals surface area contributed by atoms with Gasteiger partial charge in [0.25, 0.3) is 10.0 Å². The molecule has 0 aliphatic carbocycles. The molecule has 4 rings (SSSR count). The number of likely N-dealkylation sites (N-methyl/N-ethyl adjacent to an activating group) is 1. The minimum Gasteiger partial charge on any atom is -0.349 e. The zero-order valence-corrected chi connectivity index (χ0v) is 18.6. The van der Waals surface area contributed by atoms with E-state index in [2.05, 4.69) is 24.8 Å². The van der Waals surface area contributed by atoms with E-state index in [0.717, 1.165) is 5.56 Å². The average molecular weight is 455 g/mol. The van der Waals surface area contributed by atoms with Crippen LogP contribution in [0.4, 0.5) is 0 Å². The number of carbonyl (C=O) groups excluding carboxylic acids is 1. The third kappa shape index (κ3) is 4.24. The Balaban J connectivity index is 1.48. The summed E-state index contributed by atoms with van der Waals surface area (Å²) in [5.41, 5.74) is 1.23. The maximum atomic E-state index is 12.8. The van der Waals surface area contributed by atoms with Crippen molar-refractivity contribution in [2.45, 2.75) is 24.8 Å². The van der Waals surface area contributed by atoms with Crippen molar-refractivity contribution in [2.24, 2.45) is 10.3 Å². The topological polar surface area (TPSA) is 131 Å². The number of rotatable bonds is 6. The molecule has 1 atom stereocenters. The number of amidine groups is 1. The van der Waals surface area contributed by atoms with E-state index >= 15 is 0 Å². The third-order valence-corrected chi connectivity index (χ3v) is 6.31. The number of nitrogens with one attached hydrogen (secondary N) is 1. The number of fused-ring (bicyclic) bond motifs is 1. The molecule has 1 unspecified atom stereocenters. The van der Waals surface area contributed by atoms with Gasteiger partial charge in [-0.25, -0.2) is 0 Å². The summed E-state index contributed by atoms with van der Waals surface area (Å²) in [6, 6.07) is 9.55. The van der Waals surface area contributed by atoms with Crippen molar-refractivity contribution in [1.29, 1.82) is 0 Å². The summed E-state index contributed by atoms with van der Waals surface area (Å²) in [6.07, 6.45) is 3.26. The Hall–Kier alpha value is -3.60. The van der Waals surface area contributed by atoms with Gasteiger partial charge in [-0.3, -0.25) is 9.78 Å². The Morgan fingerprint density at radius 1 is 1.16 bits per heavy atom. The summed E-state index contributed by atoms with van der Waals surface area (Å²) < 4.78 is 33.8. The first-order valence-corrected chi connectivity index (χ1v) is 11.4. The van der Waals surface area contributed by atoms with E-state index < -0.39 is 16.1 Å². The van der Waals surface area contributed by atoms with Crippen molar-refractivity contribution in [1.82, 2.24) is 25.3 Å². The summed E-state index contributed by atoms with van der Waals surface area (Å²) >= 11 is 0. The van der Waals surface area contributed by atoms with E-state index in [-0.39, 0.29) is 35.0 Å². The number of hydrogen-bond donors (Lipinski definition) is 1. The molecule has 3 aromatic rings.